The molecule has 0 amide bonds. The maximum absolute atomic E-state index is 6.19. The van der Waals surface area contributed by atoms with Gasteiger partial charge >= 0.3 is 0 Å². The van der Waals surface area contributed by atoms with Crippen LogP contribution in [0.2, 0.25) is 0 Å². The minimum atomic E-state index is 0.481. The van der Waals surface area contributed by atoms with Crippen LogP contribution in [0.1, 0.15) is 11.3 Å². The van der Waals surface area contributed by atoms with Gasteiger partial charge in [-0.1, -0.05) is 6.07 Å². The van der Waals surface area contributed by atoms with Crippen LogP contribution in [0.25, 0.3) is 16.6 Å². The fourth-order valence-corrected chi connectivity index (χ4v) is 3.43. The molecule has 4 N–H and O–H groups in total. The van der Waals surface area contributed by atoms with E-state index in [-0.39, 0.29) is 0 Å². The third kappa shape index (κ3) is 2.92. The van der Waals surface area contributed by atoms with Gasteiger partial charge in [0.05, 0.1) is 18.9 Å². The summed E-state index contributed by atoms with van der Waals surface area (Å²) in [6.45, 7) is 6.23. The van der Waals surface area contributed by atoms with Gasteiger partial charge in [0.1, 0.15) is 11.8 Å². The molecule has 1 aliphatic rings. The van der Waals surface area contributed by atoms with Crippen molar-refractivity contribution >= 4 is 17.0 Å². The van der Waals surface area contributed by atoms with E-state index in [1.807, 2.05) is 22.7 Å². The maximum Gasteiger partial charge on any atom is 0.151 e. The molecule has 3 aromatic rings. The molecule has 7 heteroatoms. The Morgan fingerprint density at radius 2 is 1.92 bits per heavy atom. The predicted molar refractivity (Wildman–Crippen MR) is 98.1 cm³/mol. The van der Waals surface area contributed by atoms with Crippen LogP contribution in [0.5, 0.6) is 0 Å². The first-order valence-electron chi connectivity index (χ1n) is 8.41. The summed E-state index contributed by atoms with van der Waals surface area (Å²) >= 11 is 0. The monoisotopic (exact) mass is 338 g/mol. The van der Waals surface area contributed by atoms with Crippen LogP contribution >= 0.6 is 0 Å². The number of ether oxygens (including phenoxy) is 1. The summed E-state index contributed by atoms with van der Waals surface area (Å²) in [5.74, 6) is 0.481. The number of hydrogen-bond donors (Lipinski definition) is 2. The van der Waals surface area contributed by atoms with E-state index in [9.17, 15) is 0 Å². The number of nitrogens with two attached hydrogens (primary N) is 2. The SMILES string of the molecule is Cc1cc(N)ccc1-c1cc(CN2CCOCC2)n2ncnc(N)c12. The molecule has 0 bridgehead atoms. The molecule has 0 radical (unpaired) electrons. The van der Waals surface area contributed by atoms with E-state index in [1.54, 1.807) is 0 Å². The fourth-order valence-electron chi connectivity index (χ4n) is 3.43. The number of aryl methyl sites for hydroxylation is 1. The molecule has 1 saturated heterocycles. The summed E-state index contributed by atoms with van der Waals surface area (Å²) in [7, 11) is 0. The van der Waals surface area contributed by atoms with Gasteiger partial charge < -0.3 is 16.2 Å². The average Bonchev–Trinajstić information content (AvgIpc) is 2.96. The molecule has 0 atom stereocenters. The summed E-state index contributed by atoms with van der Waals surface area (Å²) in [6, 6.07) is 8.08. The standard InChI is InChI=1S/C18H22N6O/c1-12-8-13(19)2-3-15(12)16-9-14(10-23-4-6-25-7-5-23)24-17(16)18(20)21-11-22-24/h2-3,8-9,11H,4-7,10,19H2,1H3,(H2,20,21,22). The van der Waals surface area contributed by atoms with E-state index in [4.69, 9.17) is 16.2 Å². The number of nitrogen functional groups attached to an aromatic ring is 2. The average molecular weight is 338 g/mol. The lowest BCUT2D eigenvalue weighted by atomic mass is 10.0. The lowest BCUT2D eigenvalue weighted by Crippen LogP contribution is -2.36. The first-order valence-corrected chi connectivity index (χ1v) is 8.41. The minimum Gasteiger partial charge on any atom is -0.399 e. The van der Waals surface area contributed by atoms with Crippen LogP contribution in [0.15, 0.2) is 30.6 Å². The highest BCUT2D eigenvalue weighted by molar-refractivity contribution is 5.89. The van der Waals surface area contributed by atoms with E-state index >= 15 is 0 Å². The van der Waals surface area contributed by atoms with Gasteiger partial charge in [0.2, 0.25) is 0 Å². The number of nitrogens with zero attached hydrogens (tertiary/aromatic N) is 4. The summed E-state index contributed by atoms with van der Waals surface area (Å²) in [5.41, 5.74) is 18.0. The van der Waals surface area contributed by atoms with Crippen LogP contribution in [0.4, 0.5) is 11.5 Å². The third-order valence-corrected chi connectivity index (χ3v) is 4.69. The van der Waals surface area contributed by atoms with Gasteiger partial charge in [-0.2, -0.15) is 5.10 Å². The predicted octanol–water partition coefficient (Wildman–Crippen LogP) is 1.70. The number of rotatable bonds is 3. The number of aromatic nitrogens is 3. The van der Waals surface area contributed by atoms with Crippen LogP contribution in [-0.2, 0) is 11.3 Å². The fraction of sp³-hybridized carbons (Fsp3) is 0.333. The second kappa shape index (κ2) is 6.34. The maximum atomic E-state index is 6.19. The molecule has 0 aliphatic carbocycles. The Bertz CT molecular complexity index is 913. The Kier molecular flexibility index (Phi) is 4.03. The van der Waals surface area contributed by atoms with Crippen molar-refractivity contribution < 1.29 is 4.74 Å². The topological polar surface area (TPSA) is 94.7 Å². The Labute approximate surface area is 146 Å². The Balaban J connectivity index is 1.84. The number of hydrogen-bond acceptors (Lipinski definition) is 6. The van der Waals surface area contributed by atoms with Crippen LogP contribution in [-0.4, -0.2) is 45.8 Å². The molecule has 2 aromatic heterocycles. The lowest BCUT2D eigenvalue weighted by molar-refractivity contribution is 0.0334. The van der Waals surface area contributed by atoms with Crippen molar-refractivity contribution in [3.63, 3.8) is 0 Å². The Morgan fingerprint density at radius 1 is 1.12 bits per heavy atom. The van der Waals surface area contributed by atoms with E-state index in [0.29, 0.717) is 5.82 Å². The summed E-state index contributed by atoms with van der Waals surface area (Å²) in [5, 5.41) is 4.44. The Morgan fingerprint density at radius 3 is 2.68 bits per heavy atom. The van der Waals surface area contributed by atoms with Crippen LogP contribution < -0.4 is 11.5 Å². The molecule has 4 rings (SSSR count). The molecule has 0 saturated carbocycles. The van der Waals surface area contributed by atoms with Crippen molar-refractivity contribution in [2.45, 2.75) is 13.5 Å². The van der Waals surface area contributed by atoms with Crippen molar-refractivity contribution in [1.82, 2.24) is 19.5 Å². The first kappa shape index (κ1) is 15.9. The van der Waals surface area contributed by atoms with Gasteiger partial charge in [-0.15, -0.1) is 0 Å². The molecule has 3 heterocycles. The van der Waals surface area contributed by atoms with Gasteiger partial charge in [0, 0.05) is 30.9 Å². The van der Waals surface area contributed by atoms with E-state index in [2.05, 4.69) is 28.0 Å². The van der Waals surface area contributed by atoms with Crippen LogP contribution in [0, 0.1) is 6.92 Å². The molecule has 7 nitrogen and oxygen atoms in total. The highest BCUT2D eigenvalue weighted by Crippen LogP contribution is 2.33. The number of anilines is 2. The molecule has 0 spiro atoms. The molecule has 1 aromatic carbocycles. The van der Waals surface area contributed by atoms with E-state index in [1.165, 1.54) is 6.33 Å². The van der Waals surface area contributed by atoms with Crippen molar-refractivity contribution in [1.29, 1.82) is 0 Å². The largest absolute Gasteiger partial charge is 0.399 e. The van der Waals surface area contributed by atoms with Gasteiger partial charge in [0.15, 0.2) is 5.82 Å². The lowest BCUT2D eigenvalue weighted by Gasteiger charge is -2.26. The third-order valence-electron chi connectivity index (χ3n) is 4.69. The zero-order valence-electron chi connectivity index (χ0n) is 14.3. The Hall–Kier alpha value is -2.64. The highest BCUT2D eigenvalue weighted by atomic mass is 16.5. The minimum absolute atomic E-state index is 0.481. The zero-order valence-corrected chi connectivity index (χ0v) is 14.3. The van der Waals surface area contributed by atoms with Gasteiger partial charge in [-0.25, -0.2) is 9.50 Å². The zero-order chi connectivity index (χ0) is 17.4. The first-order chi connectivity index (χ1) is 12.1. The molecule has 1 aliphatic heterocycles. The molecular weight excluding hydrogens is 316 g/mol. The molecule has 25 heavy (non-hydrogen) atoms. The normalized spacial score (nSPS) is 15.7. The molecule has 0 unspecified atom stereocenters. The van der Waals surface area contributed by atoms with Gasteiger partial charge in [-0.05, 0) is 36.2 Å². The van der Waals surface area contributed by atoms with Gasteiger partial charge in [-0.3, -0.25) is 4.90 Å². The second-order valence-electron chi connectivity index (χ2n) is 6.42. The van der Waals surface area contributed by atoms with E-state index in [0.717, 1.165) is 66.4 Å². The van der Waals surface area contributed by atoms with E-state index < -0.39 is 0 Å². The highest BCUT2D eigenvalue weighted by Gasteiger charge is 2.19. The smallest absolute Gasteiger partial charge is 0.151 e. The van der Waals surface area contributed by atoms with Crippen molar-refractivity contribution in [3.05, 3.63) is 41.9 Å². The summed E-state index contributed by atoms with van der Waals surface area (Å²) in [6.07, 6.45) is 1.50. The van der Waals surface area contributed by atoms with Crippen molar-refractivity contribution in [3.8, 4) is 11.1 Å². The second-order valence-corrected chi connectivity index (χ2v) is 6.42. The number of morpholine rings is 1. The van der Waals surface area contributed by atoms with Crippen LogP contribution in [0.3, 0.4) is 0 Å². The molecule has 1 fully saturated rings. The molecular formula is C18H22N6O. The molecule has 130 valence electrons. The van der Waals surface area contributed by atoms with Gasteiger partial charge in [0.25, 0.3) is 0 Å². The number of benzene rings is 1. The van der Waals surface area contributed by atoms with Crippen molar-refractivity contribution in [2.75, 3.05) is 37.8 Å². The van der Waals surface area contributed by atoms with Crippen molar-refractivity contribution in [2.24, 2.45) is 0 Å². The number of fused-ring (bicyclic) bond motifs is 1. The summed E-state index contributed by atoms with van der Waals surface area (Å²) in [4.78, 5) is 6.55. The summed E-state index contributed by atoms with van der Waals surface area (Å²) < 4.78 is 7.35. The quantitative estimate of drug-likeness (QED) is 0.706.